The summed E-state index contributed by atoms with van der Waals surface area (Å²) in [6.07, 6.45) is 0. The first kappa shape index (κ1) is 31.2. The lowest BCUT2D eigenvalue weighted by atomic mass is 9.72. The SMILES string of the molecule is Cc1cc(C2(c3cc(C)c(OC(=O)CN(CCO)CCO)cc3C(C)C)OC(=O)c3ccccc32)c(C(C)C)cc1O. The molecule has 8 heteroatoms. The van der Waals surface area contributed by atoms with Crippen LogP contribution < -0.4 is 4.74 Å². The van der Waals surface area contributed by atoms with Gasteiger partial charge in [0.05, 0.1) is 25.3 Å². The number of aliphatic hydroxyl groups is 2. The topological polar surface area (TPSA) is 117 Å². The second-order valence-corrected chi connectivity index (χ2v) is 11.6. The number of rotatable bonds is 11. The van der Waals surface area contributed by atoms with E-state index in [0.29, 0.717) is 22.4 Å². The molecule has 0 saturated heterocycles. The van der Waals surface area contributed by atoms with Crippen molar-refractivity contribution in [1.82, 2.24) is 4.90 Å². The molecule has 0 bridgehead atoms. The molecule has 0 saturated carbocycles. The first-order chi connectivity index (χ1) is 19.9. The zero-order chi connectivity index (χ0) is 30.8. The summed E-state index contributed by atoms with van der Waals surface area (Å²) in [7, 11) is 0. The van der Waals surface area contributed by atoms with E-state index < -0.39 is 17.5 Å². The zero-order valence-electron chi connectivity index (χ0n) is 25.2. The van der Waals surface area contributed by atoms with E-state index >= 15 is 0 Å². The molecule has 1 aliphatic rings. The number of phenolic OH excluding ortho intramolecular Hbond substituents is 1. The average Bonchev–Trinajstić information content (AvgIpc) is 3.24. The highest BCUT2D eigenvalue weighted by atomic mass is 16.6. The lowest BCUT2D eigenvalue weighted by Gasteiger charge is -2.36. The van der Waals surface area contributed by atoms with Crippen LogP contribution in [0.2, 0.25) is 0 Å². The Hall–Kier alpha value is -3.72. The number of cyclic esters (lactones) is 1. The molecule has 0 fully saturated rings. The number of aliphatic hydroxyl groups excluding tert-OH is 2. The number of ether oxygens (including phenoxy) is 2. The predicted octanol–water partition coefficient (Wildman–Crippen LogP) is 4.91. The van der Waals surface area contributed by atoms with Gasteiger partial charge in [-0.2, -0.15) is 0 Å². The summed E-state index contributed by atoms with van der Waals surface area (Å²) in [6.45, 7) is 11.9. The molecule has 3 N–H and O–H groups in total. The third-order valence-electron chi connectivity index (χ3n) is 7.90. The predicted molar refractivity (Wildman–Crippen MR) is 160 cm³/mol. The lowest BCUT2D eigenvalue weighted by Crippen LogP contribution is -2.36. The minimum atomic E-state index is -1.29. The Balaban J connectivity index is 1.94. The number of carbonyl (C=O) groups is 2. The van der Waals surface area contributed by atoms with Crippen LogP contribution in [0.1, 0.15) is 88.8 Å². The van der Waals surface area contributed by atoms with Crippen LogP contribution in [-0.4, -0.2) is 65.0 Å². The Bertz CT molecular complexity index is 1470. The molecule has 4 rings (SSSR count). The molecular weight excluding hydrogens is 534 g/mol. The quantitative estimate of drug-likeness (QED) is 0.218. The number of aromatic hydroxyl groups is 1. The van der Waals surface area contributed by atoms with Crippen LogP contribution in [0.5, 0.6) is 11.5 Å². The Labute approximate surface area is 247 Å². The molecule has 1 unspecified atom stereocenters. The molecule has 0 aliphatic carbocycles. The molecule has 224 valence electrons. The summed E-state index contributed by atoms with van der Waals surface area (Å²) < 4.78 is 12.3. The van der Waals surface area contributed by atoms with Crippen molar-refractivity contribution in [2.45, 2.75) is 59.0 Å². The van der Waals surface area contributed by atoms with Crippen LogP contribution in [0.4, 0.5) is 0 Å². The minimum absolute atomic E-state index is 0.0134. The monoisotopic (exact) mass is 575 g/mol. The molecule has 8 nitrogen and oxygen atoms in total. The largest absolute Gasteiger partial charge is 0.508 e. The van der Waals surface area contributed by atoms with Crippen molar-refractivity contribution in [3.63, 3.8) is 0 Å². The summed E-state index contributed by atoms with van der Waals surface area (Å²) in [4.78, 5) is 28.0. The third kappa shape index (κ3) is 5.79. The maximum absolute atomic E-state index is 13.5. The van der Waals surface area contributed by atoms with Gasteiger partial charge in [0.15, 0.2) is 5.60 Å². The fourth-order valence-electron chi connectivity index (χ4n) is 5.74. The van der Waals surface area contributed by atoms with E-state index in [4.69, 9.17) is 9.47 Å². The number of esters is 2. The highest BCUT2D eigenvalue weighted by Gasteiger charge is 2.51. The molecule has 0 aromatic heterocycles. The number of hydrogen-bond acceptors (Lipinski definition) is 8. The van der Waals surface area contributed by atoms with Gasteiger partial charge in [-0.05, 0) is 78.3 Å². The number of carbonyl (C=O) groups excluding carboxylic acids is 2. The number of phenols is 1. The number of hydrogen-bond donors (Lipinski definition) is 3. The molecule has 0 amide bonds. The van der Waals surface area contributed by atoms with Crippen molar-refractivity contribution in [3.05, 3.63) is 93.0 Å². The van der Waals surface area contributed by atoms with Crippen LogP contribution in [-0.2, 0) is 15.1 Å². The number of benzene rings is 3. The molecule has 1 atom stereocenters. The van der Waals surface area contributed by atoms with E-state index in [0.717, 1.165) is 27.8 Å². The number of fused-ring (bicyclic) bond motifs is 1. The van der Waals surface area contributed by atoms with Crippen molar-refractivity contribution in [2.24, 2.45) is 0 Å². The van der Waals surface area contributed by atoms with Crippen LogP contribution in [0, 0.1) is 13.8 Å². The summed E-state index contributed by atoms with van der Waals surface area (Å²) in [5.74, 6) is -0.400. The fourth-order valence-corrected chi connectivity index (χ4v) is 5.74. The van der Waals surface area contributed by atoms with E-state index in [2.05, 4.69) is 0 Å². The first-order valence-electron chi connectivity index (χ1n) is 14.4. The fraction of sp³-hybridized carbons (Fsp3) is 0.412. The molecule has 3 aromatic rings. The van der Waals surface area contributed by atoms with E-state index in [1.807, 2.05) is 77.9 Å². The normalized spacial score (nSPS) is 16.3. The van der Waals surface area contributed by atoms with Gasteiger partial charge in [0, 0.05) is 29.8 Å². The van der Waals surface area contributed by atoms with Crippen LogP contribution in [0.3, 0.4) is 0 Å². The van der Waals surface area contributed by atoms with Gasteiger partial charge in [-0.1, -0.05) is 45.9 Å². The van der Waals surface area contributed by atoms with Crippen molar-refractivity contribution in [1.29, 1.82) is 0 Å². The van der Waals surface area contributed by atoms with Gasteiger partial charge in [0.25, 0.3) is 0 Å². The van der Waals surface area contributed by atoms with Gasteiger partial charge in [-0.25, -0.2) is 4.79 Å². The Morgan fingerprint density at radius 3 is 2.05 bits per heavy atom. The van der Waals surface area contributed by atoms with E-state index in [1.54, 1.807) is 17.0 Å². The Kier molecular flexibility index (Phi) is 9.40. The van der Waals surface area contributed by atoms with Crippen LogP contribution in [0.25, 0.3) is 0 Å². The number of aryl methyl sites for hydroxylation is 2. The van der Waals surface area contributed by atoms with E-state index in [9.17, 15) is 24.9 Å². The summed E-state index contributed by atoms with van der Waals surface area (Å²) >= 11 is 0. The number of nitrogens with zero attached hydrogens (tertiary/aromatic N) is 1. The highest BCUT2D eigenvalue weighted by Crippen LogP contribution is 2.52. The lowest BCUT2D eigenvalue weighted by molar-refractivity contribution is -0.135. The molecule has 42 heavy (non-hydrogen) atoms. The smallest absolute Gasteiger partial charge is 0.340 e. The van der Waals surface area contributed by atoms with Crippen molar-refractivity contribution >= 4 is 11.9 Å². The minimum Gasteiger partial charge on any atom is -0.508 e. The summed E-state index contributed by atoms with van der Waals surface area (Å²) in [5, 5.41) is 29.3. The van der Waals surface area contributed by atoms with Gasteiger partial charge in [0.1, 0.15) is 11.5 Å². The summed E-state index contributed by atoms with van der Waals surface area (Å²) in [5.41, 5.74) is 4.50. The van der Waals surface area contributed by atoms with Gasteiger partial charge < -0.3 is 24.8 Å². The van der Waals surface area contributed by atoms with Crippen LogP contribution >= 0.6 is 0 Å². The molecule has 3 aromatic carbocycles. The zero-order valence-corrected chi connectivity index (χ0v) is 25.2. The highest BCUT2D eigenvalue weighted by molar-refractivity contribution is 5.96. The Morgan fingerprint density at radius 1 is 0.881 bits per heavy atom. The standard InChI is InChI=1S/C34H41NO7/c1-20(2)25-17-30(38)22(5)15-28(25)34(27-10-8-7-9-24(27)33(40)42-34)29-16-23(6)31(18-26(29)21(3)4)41-32(39)19-35(11-13-36)12-14-37/h7-10,15-18,20-21,36-38H,11-14,19H2,1-6H3. The van der Waals surface area contributed by atoms with E-state index in [1.165, 1.54) is 0 Å². The van der Waals surface area contributed by atoms with E-state index in [-0.39, 0.29) is 50.4 Å². The van der Waals surface area contributed by atoms with Gasteiger partial charge in [-0.15, -0.1) is 0 Å². The Morgan fingerprint density at radius 2 is 1.45 bits per heavy atom. The molecule has 1 heterocycles. The van der Waals surface area contributed by atoms with Gasteiger partial charge >= 0.3 is 11.9 Å². The second-order valence-electron chi connectivity index (χ2n) is 11.6. The van der Waals surface area contributed by atoms with Crippen LogP contribution in [0.15, 0.2) is 48.5 Å². The molecular formula is C34H41NO7. The molecule has 0 spiro atoms. The second kappa shape index (κ2) is 12.7. The van der Waals surface area contributed by atoms with Crippen molar-refractivity contribution < 1.29 is 34.4 Å². The van der Waals surface area contributed by atoms with Crippen molar-refractivity contribution in [2.75, 3.05) is 32.8 Å². The van der Waals surface area contributed by atoms with Gasteiger partial charge in [0.2, 0.25) is 0 Å². The molecule has 0 radical (unpaired) electrons. The summed E-state index contributed by atoms with van der Waals surface area (Å²) in [6, 6.07) is 14.8. The maximum atomic E-state index is 13.5. The maximum Gasteiger partial charge on any atom is 0.340 e. The molecule has 1 aliphatic heterocycles. The third-order valence-corrected chi connectivity index (χ3v) is 7.90. The van der Waals surface area contributed by atoms with Gasteiger partial charge in [-0.3, -0.25) is 9.69 Å². The van der Waals surface area contributed by atoms with Crippen molar-refractivity contribution in [3.8, 4) is 11.5 Å². The average molecular weight is 576 g/mol. The first-order valence-corrected chi connectivity index (χ1v) is 14.4.